The van der Waals surface area contributed by atoms with Gasteiger partial charge in [-0.25, -0.2) is 0 Å². The molecule has 3 rings (SSSR count). The number of carbonyl (C=O) groups is 1. The lowest BCUT2D eigenvalue weighted by Crippen LogP contribution is -2.42. The average molecular weight is 354 g/mol. The monoisotopic (exact) mass is 353 g/mol. The maximum absolute atomic E-state index is 12.9. The average Bonchev–Trinajstić information content (AvgIpc) is 2.83. The summed E-state index contributed by atoms with van der Waals surface area (Å²) < 4.78 is 7.13. The second-order valence-electron chi connectivity index (χ2n) is 6.13. The molecule has 2 aliphatic heterocycles. The van der Waals surface area contributed by atoms with Gasteiger partial charge >= 0.3 is 0 Å². The highest BCUT2D eigenvalue weighted by Gasteiger charge is 2.59. The highest BCUT2D eigenvalue weighted by molar-refractivity contribution is 9.10. The lowest BCUT2D eigenvalue weighted by atomic mass is 9.82. The first-order valence-electron chi connectivity index (χ1n) is 7.29. The van der Waals surface area contributed by atoms with E-state index in [2.05, 4.69) is 28.9 Å². The summed E-state index contributed by atoms with van der Waals surface area (Å²) in [5.41, 5.74) is 2.07. The van der Waals surface area contributed by atoms with Crippen LogP contribution in [0, 0.1) is 12.8 Å². The van der Waals surface area contributed by atoms with Crippen LogP contribution in [-0.2, 0) is 15.1 Å². The summed E-state index contributed by atoms with van der Waals surface area (Å²) in [6.45, 7) is 4.17. The van der Waals surface area contributed by atoms with E-state index in [1.54, 1.807) is 11.9 Å². The summed E-state index contributed by atoms with van der Waals surface area (Å²) in [6, 6.07) is 4.08. The molecule has 0 aliphatic carbocycles. The first kappa shape index (κ1) is 15.0. The maximum Gasteiger partial charge on any atom is 0.264 e. The number of aryl methyl sites for hydroxylation is 1. The van der Waals surface area contributed by atoms with Crippen LogP contribution in [0.25, 0.3) is 0 Å². The van der Waals surface area contributed by atoms with Crippen molar-refractivity contribution in [1.82, 2.24) is 0 Å². The number of carbonyl (C=O) groups excluding carboxylic acids is 1. The van der Waals surface area contributed by atoms with Gasteiger partial charge in [-0.05, 0) is 47.3 Å². The first-order valence-corrected chi connectivity index (χ1v) is 8.08. The van der Waals surface area contributed by atoms with Gasteiger partial charge in [0.2, 0.25) is 0 Å². The second-order valence-corrected chi connectivity index (χ2v) is 6.99. The number of ether oxygens (including phenoxy) is 1. The van der Waals surface area contributed by atoms with Crippen LogP contribution in [-0.4, -0.2) is 30.8 Å². The number of anilines is 1. The van der Waals surface area contributed by atoms with E-state index in [1.165, 1.54) is 0 Å². The standard InChI is InChI=1S/C16H20BrNO3/c1-9-6-12-14(13(17)7-9)18(3)15(20)16(12)10(2)8-11(21-16)4-5-19/h6-7,10-11,19H,4-5,8H2,1-3H3/t10-,11+,16+/m1/s1. The number of aliphatic hydroxyl groups excluding tert-OH is 1. The van der Waals surface area contributed by atoms with Crippen molar-refractivity contribution >= 4 is 27.5 Å². The fraction of sp³-hybridized carbons (Fsp3) is 0.562. The molecule has 1 N–H and O–H groups in total. The van der Waals surface area contributed by atoms with Crippen molar-refractivity contribution in [2.45, 2.75) is 38.4 Å². The van der Waals surface area contributed by atoms with Gasteiger partial charge in [-0.3, -0.25) is 4.79 Å². The molecule has 1 fully saturated rings. The summed E-state index contributed by atoms with van der Waals surface area (Å²) in [5.74, 6) is 0.0932. The minimum atomic E-state index is -0.890. The Morgan fingerprint density at radius 1 is 1.52 bits per heavy atom. The lowest BCUT2D eigenvalue weighted by molar-refractivity contribution is -0.146. The number of fused-ring (bicyclic) bond motifs is 2. The Morgan fingerprint density at radius 3 is 2.90 bits per heavy atom. The van der Waals surface area contributed by atoms with Crippen molar-refractivity contribution in [1.29, 1.82) is 0 Å². The Balaban J connectivity index is 2.15. The third-order valence-corrected chi connectivity index (χ3v) is 5.28. The van der Waals surface area contributed by atoms with Gasteiger partial charge in [0.15, 0.2) is 5.60 Å². The third kappa shape index (κ3) is 1.98. The summed E-state index contributed by atoms with van der Waals surface area (Å²) in [6.07, 6.45) is 1.31. The Kier molecular flexibility index (Phi) is 3.62. The molecular formula is C16H20BrNO3. The molecule has 2 aliphatic rings. The molecule has 4 nitrogen and oxygen atoms in total. The van der Waals surface area contributed by atoms with Crippen LogP contribution in [0.5, 0.6) is 0 Å². The lowest BCUT2D eigenvalue weighted by Gasteiger charge is -2.27. The van der Waals surface area contributed by atoms with Crippen molar-refractivity contribution in [2.24, 2.45) is 5.92 Å². The molecule has 114 valence electrons. The van der Waals surface area contributed by atoms with Crippen LogP contribution in [0.2, 0.25) is 0 Å². The predicted molar refractivity (Wildman–Crippen MR) is 84.3 cm³/mol. The molecule has 0 bridgehead atoms. The van der Waals surface area contributed by atoms with Gasteiger partial charge in [0.25, 0.3) is 5.91 Å². The number of aliphatic hydroxyl groups is 1. The van der Waals surface area contributed by atoms with E-state index < -0.39 is 5.60 Å². The Labute approximate surface area is 133 Å². The molecule has 2 heterocycles. The molecule has 1 spiro atoms. The highest BCUT2D eigenvalue weighted by Crippen LogP contribution is 2.55. The number of nitrogens with zero attached hydrogens (tertiary/aromatic N) is 1. The predicted octanol–water partition coefficient (Wildman–Crippen LogP) is 2.74. The van der Waals surface area contributed by atoms with Crippen molar-refractivity contribution in [3.8, 4) is 0 Å². The number of halogens is 1. The molecule has 0 unspecified atom stereocenters. The Hall–Kier alpha value is -0.910. The smallest absolute Gasteiger partial charge is 0.264 e. The van der Waals surface area contributed by atoms with Gasteiger partial charge in [-0.15, -0.1) is 0 Å². The molecule has 21 heavy (non-hydrogen) atoms. The summed E-state index contributed by atoms with van der Waals surface area (Å²) >= 11 is 3.57. The largest absolute Gasteiger partial charge is 0.396 e. The maximum atomic E-state index is 12.9. The molecule has 5 heteroatoms. The number of likely N-dealkylation sites (N-methyl/N-ethyl adjacent to an activating group) is 1. The normalized spacial score (nSPS) is 31.3. The van der Waals surface area contributed by atoms with Crippen LogP contribution < -0.4 is 4.90 Å². The minimum absolute atomic E-state index is 0.00302. The molecule has 1 aromatic carbocycles. The molecule has 0 radical (unpaired) electrons. The highest BCUT2D eigenvalue weighted by atomic mass is 79.9. The van der Waals surface area contributed by atoms with E-state index in [0.717, 1.165) is 27.7 Å². The molecule has 1 saturated heterocycles. The van der Waals surface area contributed by atoms with Crippen LogP contribution in [0.1, 0.15) is 30.9 Å². The van der Waals surface area contributed by atoms with Crippen molar-refractivity contribution in [3.63, 3.8) is 0 Å². The summed E-state index contributed by atoms with van der Waals surface area (Å²) in [4.78, 5) is 14.6. The molecule has 0 aromatic heterocycles. The number of amides is 1. The number of rotatable bonds is 2. The minimum Gasteiger partial charge on any atom is -0.396 e. The van der Waals surface area contributed by atoms with Gasteiger partial charge in [-0.2, -0.15) is 0 Å². The Morgan fingerprint density at radius 2 is 2.24 bits per heavy atom. The zero-order chi connectivity index (χ0) is 15.4. The number of hydrogen-bond donors (Lipinski definition) is 1. The van der Waals surface area contributed by atoms with Gasteiger partial charge in [0.1, 0.15) is 0 Å². The van der Waals surface area contributed by atoms with E-state index in [1.807, 2.05) is 13.0 Å². The van der Waals surface area contributed by atoms with E-state index in [9.17, 15) is 4.79 Å². The fourth-order valence-corrected chi connectivity index (χ4v) is 4.56. The second kappa shape index (κ2) is 5.07. The van der Waals surface area contributed by atoms with Crippen molar-refractivity contribution in [3.05, 3.63) is 27.7 Å². The molecule has 1 amide bonds. The molecular weight excluding hydrogens is 334 g/mol. The SMILES string of the molecule is Cc1cc(Br)c2c(c1)[C@]1(O[C@@H](CCO)C[C@H]1C)C(=O)N2C. The van der Waals surface area contributed by atoms with Gasteiger partial charge in [-0.1, -0.05) is 13.0 Å². The van der Waals surface area contributed by atoms with Gasteiger partial charge in [0.05, 0.1) is 11.8 Å². The van der Waals surface area contributed by atoms with Crippen LogP contribution >= 0.6 is 15.9 Å². The zero-order valence-corrected chi connectivity index (χ0v) is 14.1. The van der Waals surface area contributed by atoms with Crippen molar-refractivity contribution < 1.29 is 14.6 Å². The van der Waals surface area contributed by atoms with E-state index >= 15 is 0 Å². The van der Waals surface area contributed by atoms with E-state index in [0.29, 0.717) is 6.42 Å². The molecule has 0 saturated carbocycles. The first-order chi connectivity index (χ1) is 9.91. The molecule has 1 aromatic rings. The number of hydrogen-bond acceptors (Lipinski definition) is 3. The number of benzene rings is 1. The van der Waals surface area contributed by atoms with Crippen LogP contribution in [0.4, 0.5) is 5.69 Å². The topological polar surface area (TPSA) is 49.8 Å². The summed E-state index contributed by atoms with van der Waals surface area (Å²) in [7, 11) is 1.80. The fourth-order valence-electron chi connectivity index (χ4n) is 3.72. The van der Waals surface area contributed by atoms with Crippen molar-refractivity contribution in [2.75, 3.05) is 18.6 Å². The van der Waals surface area contributed by atoms with Gasteiger partial charge < -0.3 is 14.7 Å². The quantitative estimate of drug-likeness (QED) is 0.889. The van der Waals surface area contributed by atoms with E-state index in [-0.39, 0.29) is 24.5 Å². The van der Waals surface area contributed by atoms with Crippen LogP contribution in [0.15, 0.2) is 16.6 Å². The Bertz CT molecular complexity index is 603. The molecule has 3 atom stereocenters. The third-order valence-electron chi connectivity index (χ3n) is 4.68. The summed E-state index contributed by atoms with van der Waals surface area (Å²) in [5, 5.41) is 9.16. The van der Waals surface area contributed by atoms with Crippen LogP contribution in [0.3, 0.4) is 0 Å². The van der Waals surface area contributed by atoms with E-state index in [4.69, 9.17) is 9.84 Å². The van der Waals surface area contributed by atoms with Gasteiger partial charge in [0, 0.05) is 29.6 Å². The zero-order valence-electron chi connectivity index (χ0n) is 12.5.